The third-order valence-electron chi connectivity index (χ3n) is 3.98. The molecule has 3 N–H and O–H groups in total. The van der Waals surface area contributed by atoms with E-state index in [1.807, 2.05) is 4.98 Å². The minimum absolute atomic E-state index is 0.122. The minimum Gasteiger partial charge on any atom is -0.451 e. The number of ether oxygens (including phenoxy) is 1. The summed E-state index contributed by atoms with van der Waals surface area (Å²) in [5.74, 6) is -2.12. The van der Waals surface area contributed by atoms with E-state index in [9.17, 15) is 19.2 Å². The fourth-order valence-electron chi connectivity index (χ4n) is 2.69. The number of carbonyl (C=O) groups is 2. The van der Waals surface area contributed by atoms with Gasteiger partial charge in [-0.25, -0.2) is 9.59 Å². The van der Waals surface area contributed by atoms with E-state index in [4.69, 9.17) is 26.5 Å². The van der Waals surface area contributed by atoms with Crippen molar-refractivity contribution in [1.82, 2.24) is 9.55 Å². The van der Waals surface area contributed by atoms with Crippen molar-refractivity contribution in [2.75, 3.05) is 12.3 Å². The number of halogens is 1. The van der Waals surface area contributed by atoms with E-state index in [0.717, 1.165) is 4.57 Å². The lowest BCUT2D eigenvalue weighted by Gasteiger charge is -2.11. The van der Waals surface area contributed by atoms with E-state index in [0.29, 0.717) is 22.4 Å². The number of aromatic amines is 1. The summed E-state index contributed by atoms with van der Waals surface area (Å²) in [6, 6.07) is 6.24. The van der Waals surface area contributed by atoms with Gasteiger partial charge in [-0.05, 0) is 30.7 Å². The van der Waals surface area contributed by atoms with Gasteiger partial charge in [0.1, 0.15) is 17.0 Å². The Bertz CT molecular complexity index is 1190. The van der Waals surface area contributed by atoms with Gasteiger partial charge < -0.3 is 14.9 Å². The van der Waals surface area contributed by atoms with E-state index < -0.39 is 35.2 Å². The third-order valence-corrected chi connectivity index (χ3v) is 4.21. The Kier molecular flexibility index (Phi) is 5.36. The van der Waals surface area contributed by atoms with Crippen LogP contribution in [0.15, 0.2) is 38.3 Å². The van der Waals surface area contributed by atoms with Crippen molar-refractivity contribution in [1.29, 1.82) is 0 Å². The molecule has 0 atom stereocenters. The van der Waals surface area contributed by atoms with Crippen molar-refractivity contribution < 1.29 is 18.7 Å². The van der Waals surface area contributed by atoms with E-state index in [-0.39, 0.29) is 18.1 Å². The molecule has 0 bridgehead atoms. The first-order valence-electron chi connectivity index (χ1n) is 8.33. The van der Waals surface area contributed by atoms with Crippen molar-refractivity contribution in [3.63, 3.8) is 0 Å². The zero-order chi connectivity index (χ0) is 20.4. The maximum atomic E-state index is 12.4. The SMILES string of the molecule is CCCn1c(N)c(C(=O)COC(=O)c2cc3cc(Cl)ccc3o2)c(=O)[nH]c1=O. The largest absolute Gasteiger partial charge is 0.451 e. The topological polar surface area (TPSA) is 137 Å². The maximum Gasteiger partial charge on any atom is 0.374 e. The Morgan fingerprint density at radius 3 is 2.75 bits per heavy atom. The smallest absolute Gasteiger partial charge is 0.374 e. The fourth-order valence-corrected chi connectivity index (χ4v) is 2.87. The first-order chi connectivity index (χ1) is 13.3. The number of nitrogens with zero attached hydrogens (tertiary/aromatic N) is 1. The Balaban J connectivity index is 1.79. The monoisotopic (exact) mass is 405 g/mol. The number of hydrogen-bond donors (Lipinski definition) is 2. The van der Waals surface area contributed by atoms with Crippen LogP contribution >= 0.6 is 11.6 Å². The molecule has 10 heteroatoms. The van der Waals surface area contributed by atoms with Crippen molar-refractivity contribution in [2.24, 2.45) is 0 Å². The van der Waals surface area contributed by atoms with Crippen LogP contribution in [0.2, 0.25) is 5.02 Å². The van der Waals surface area contributed by atoms with Crippen LogP contribution in [-0.4, -0.2) is 27.9 Å². The molecule has 0 unspecified atom stereocenters. The average molecular weight is 406 g/mol. The number of benzene rings is 1. The summed E-state index contributed by atoms with van der Waals surface area (Å²) < 4.78 is 11.4. The molecule has 9 nitrogen and oxygen atoms in total. The van der Waals surface area contributed by atoms with Gasteiger partial charge in [-0.3, -0.25) is 19.1 Å². The summed E-state index contributed by atoms with van der Waals surface area (Å²) in [7, 11) is 0. The molecule has 0 radical (unpaired) electrons. The van der Waals surface area contributed by atoms with Gasteiger partial charge in [0.2, 0.25) is 11.5 Å². The Morgan fingerprint density at radius 1 is 1.29 bits per heavy atom. The van der Waals surface area contributed by atoms with Crippen LogP contribution in [0, 0.1) is 0 Å². The number of H-pyrrole nitrogens is 1. The van der Waals surface area contributed by atoms with Crippen LogP contribution in [0.4, 0.5) is 5.82 Å². The van der Waals surface area contributed by atoms with Crippen molar-refractivity contribution >= 4 is 40.1 Å². The predicted octanol–water partition coefficient (Wildman–Crippen LogP) is 1.97. The first-order valence-corrected chi connectivity index (χ1v) is 8.71. The van der Waals surface area contributed by atoms with Crippen molar-refractivity contribution in [3.8, 4) is 0 Å². The second-order valence-corrected chi connectivity index (χ2v) is 6.40. The normalized spacial score (nSPS) is 10.9. The van der Waals surface area contributed by atoms with Crippen LogP contribution in [-0.2, 0) is 11.3 Å². The summed E-state index contributed by atoms with van der Waals surface area (Å²) in [5, 5.41) is 1.07. The molecule has 1 aromatic carbocycles. The summed E-state index contributed by atoms with van der Waals surface area (Å²) in [4.78, 5) is 50.3. The zero-order valence-corrected chi connectivity index (χ0v) is 15.5. The molecular formula is C18H16ClN3O6. The molecule has 0 fully saturated rings. The number of anilines is 1. The molecule has 0 spiro atoms. The molecule has 0 saturated carbocycles. The van der Waals surface area contributed by atoms with Crippen LogP contribution < -0.4 is 17.0 Å². The molecule has 2 heterocycles. The highest BCUT2D eigenvalue weighted by molar-refractivity contribution is 6.31. The van der Waals surface area contributed by atoms with E-state index in [1.165, 1.54) is 6.07 Å². The molecule has 0 saturated heterocycles. The Morgan fingerprint density at radius 2 is 2.04 bits per heavy atom. The van der Waals surface area contributed by atoms with E-state index in [2.05, 4.69) is 0 Å². The molecule has 3 aromatic rings. The number of Topliss-reactive ketones (excluding diaryl/α,β-unsaturated/α-hetero) is 1. The molecule has 0 aliphatic heterocycles. The second-order valence-electron chi connectivity index (χ2n) is 5.96. The molecule has 3 rings (SSSR count). The molecule has 2 aromatic heterocycles. The number of carbonyl (C=O) groups excluding carboxylic acids is 2. The number of hydrogen-bond acceptors (Lipinski definition) is 7. The van der Waals surface area contributed by atoms with Gasteiger partial charge in [0.15, 0.2) is 6.61 Å². The number of rotatable bonds is 6. The van der Waals surface area contributed by atoms with Crippen LogP contribution in [0.25, 0.3) is 11.0 Å². The van der Waals surface area contributed by atoms with Crippen LogP contribution in [0.1, 0.15) is 34.3 Å². The van der Waals surface area contributed by atoms with Gasteiger partial charge in [-0.2, -0.15) is 0 Å². The number of fused-ring (bicyclic) bond motifs is 1. The molecular weight excluding hydrogens is 390 g/mol. The van der Waals surface area contributed by atoms with Crippen molar-refractivity contribution in [3.05, 3.63) is 61.4 Å². The van der Waals surface area contributed by atoms with Gasteiger partial charge in [0.05, 0.1) is 0 Å². The van der Waals surface area contributed by atoms with E-state index in [1.54, 1.807) is 25.1 Å². The van der Waals surface area contributed by atoms with Gasteiger partial charge in [0, 0.05) is 17.0 Å². The fraction of sp³-hybridized carbons (Fsp3) is 0.222. The van der Waals surface area contributed by atoms with Crippen LogP contribution in [0.3, 0.4) is 0 Å². The van der Waals surface area contributed by atoms with Gasteiger partial charge in [-0.15, -0.1) is 0 Å². The number of ketones is 1. The molecule has 0 amide bonds. The molecule has 0 aliphatic carbocycles. The van der Waals surface area contributed by atoms with Gasteiger partial charge >= 0.3 is 11.7 Å². The number of esters is 1. The summed E-state index contributed by atoms with van der Waals surface area (Å²) in [5.41, 5.74) is 4.15. The van der Waals surface area contributed by atoms with Gasteiger partial charge in [0.25, 0.3) is 5.56 Å². The quantitative estimate of drug-likeness (QED) is 0.472. The lowest BCUT2D eigenvalue weighted by atomic mass is 10.2. The number of nitrogens with one attached hydrogen (secondary N) is 1. The number of nitrogens with two attached hydrogens (primary N) is 1. The maximum absolute atomic E-state index is 12.4. The highest BCUT2D eigenvalue weighted by Crippen LogP contribution is 2.23. The second kappa shape index (κ2) is 7.73. The zero-order valence-electron chi connectivity index (χ0n) is 14.8. The molecule has 146 valence electrons. The van der Waals surface area contributed by atoms with Crippen LogP contribution in [0.5, 0.6) is 0 Å². The summed E-state index contributed by atoms with van der Waals surface area (Å²) in [6.45, 7) is 1.29. The number of aromatic nitrogens is 2. The third kappa shape index (κ3) is 3.70. The lowest BCUT2D eigenvalue weighted by molar-refractivity contribution is 0.0446. The van der Waals surface area contributed by atoms with E-state index >= 15 is 0 Å². The minimum atomic E-state index is -0.936. The Labute approximate surface area is 162 Å². The highest BCUT2D eigenvalue weighted by atomic mass is 35.5. The lowest BCUT2D eigenvalue weighted by Crippen LogP contribution is -2.37. The average Bonchev–Trinajstić information content (AvgIpc) is 3.06. The van der Waals surface area contributed by atoms with Gasteiger partial charge in [-0.1, -0.05) is 18.5 Å². The predicted molar refractivity (Wildman–Crippen MR) is 102 cm³/mol. The molecule has 0 aliphatic rings. The standard InChI is InChI=1S/C18H16ClN3O6/c1-2-5-22-15(20)14(16(24)21-18(22)26)11(23)8-27-17(25)13-7-9-6-10(19)3-4-12(9)28-13/h3-4,6-7H,2,5,8,20H2,1H3,(H,21,24,26). The number of furan rings is 1. The van der Waals surface area contributed by atoms with Crippen molar-refractivity contribution in [2.45, 2.75) is 19.9 Å². The first kappa shape index (κ1) is 19.4. The summed E-state index contributed by atoms with van der Waals surface area (Å²) >= 11 is 5.88. The summed E-state index contributed by atoms with van der Waals surface area (Å²) in [6.07, 6.45) is 0.564. The number of nitrogen functional groups attached to an aromatic ring is 1. The Hall–Kier alpha value is -3.33. The molecule has 28 heavy (non-hydrogen) atoms. The highest BCUT2D eigenvalue weighted by Gasteiger charge is 2.22.